The molecule has 3 N–H and O–H groups in total. The van der Waals surface area contributed by atoms with Gasteiger partial charge in [0, 0.05) is 32.5 Å². The highest BCUT2D eigenvalue weighted by Crippen LogP contribution is 2.11. The Bertz CT molecular complexity index is 668. The van der Waals surface area contributed by atoms with E-state index in [1.807, 2.05) is 31.2 Å². The first-order valence-electron chi connectivity index (χ1n) is 10.4. The van der Waals surface area contributed by atoms with Crippen LogP contribution in [-0.2, 0) is 14.3 Å². The van der Waals surface area contributed by atoms with E-state index < -0.39 is 11.7 Å². The van der Waals surface area contributed by atoms with E-state index in [1.54, 1.807) is 20.8 Å². The highest BCUT2D eigenvalue weighted by Gasteiger charge is 2.15. The smallest absolute Gasteiger partial charge is 0.407 e. The van der Waals surface area contributed by atoms with Gasteiger partial charge in [0.2, 0.25) is 11.8 Å². The number of benzene rings is 1. The minimum absolute atomic E-state index is 0.0320. The van der Waals surface area contributed by atoms with Crippen molar-refractivity contribution in [1.29, 1.82) is 0 Å². The van der Waals surface area contributed by atoms with Crippen molar-refractivity contribution < 1.29 is 23.9 Å². The van der Waals surface area contributed by atoms with E-state index in [0.717, 1.165) is 5.75 Å². The quantitative estimate of drug-likeness (QED) is 0.450. The molecule has 0 saturated heterocycles. The molecule has 0 atom stereocenters. The van der Waals surface area contributed by atoms with E-state index in [-0.39, 0.29) is 24.8 Å². The molecule has 0 bridgehead atoms. The Morgan fingerprint density at radius 3 is 2.03 bits per heavy atom. The number of hydrogen-bond donors (Lipinski definition) is 3. The number of rotatable bonds is 12. The molecule has 168 valence electrons. The molecule has 0 aromatic heterocycles. The second-order valence-corrected chi connectivity index (χ2v) is 8.00. The molecule has 0 spiro atoms. The third kappa shape index (κ3) is 13.4. The Morgan fingerprint density at radius 1 is 0.833 bits per heavy atom. The van der Waals surface area contributed by atoms with Crippen LogP contribution in [0.4, 0.5) is 4.79 Å². The van der Waals surface area contributed by atoms with E-state index in [2.05, 4.69) is 16.0 Å². The van der Waals surface area contributed by atoms with Gasteiger partial charge in [-0.25, -0.2) is 4.79 Å². The first-order chi connectivity index (χ1) is 14.2. The van der Waals surface area contributed by atoms with Crippen molar-refractivity contribution in [2.75, 3.05) is 26.2 Å². The van der Waals surface area contributed by atoms with Gasteiger partial charge in [0.25, 0.3) is 0 Å². The lowest BCUT2D eigenvalue weighted by molar-refractivity contribution is -0.121. The van der Waals surface area contributed by atoms with Crippen molar-refractivity contribution in [3.63, 3.8) is 0 Å². The Labute approximate surface area is 179 Å². The van der Waals surface area contributed by atoms with Crippen LogP contribution >= 0.6 is 0 Å². The minimum atomic E-state index is -0.565. The molecule has 0 fully saturated rings. The van der Waals surface area contributed by atoms with Gasteiger partial charge >= 0.3 is 6.09 Å². The fourth-order valence-electron chi connectivity index (χ4n) is 2.37. The van der Waals surface area contributed by atoms with Gasteiger partial charge in [-0.3, -0.25) is 9.59 Å². The van der Waals surface area contributed by atoms with Gasteiger partial charge in [-0.15, -0.1) is 0 Å². The predicted molar refractivity (Wildman–Crippen MR) is 115 cm³/mol. The van der Waals surface area contributed by atoms with Gasteiger partial charge in [0.1, 0.15) is 11.4 Å². The molecule has 8 nitrogen and oxygen atoms in total. The summed E-state index contributed by atoms with van der Waals surface area (Å²) in [5, 5.41) is 8.11. The number of carbonyl (C=O) groups excluding carboxylic acids is 3. The van der Waals surface area contributed by atoms with Crippen LogP contribution in [0, 0.1) is 6.92 Å². The van der Waals surface area contributed by atoms with E-state index in [1.165, 1.54) is 5.56 Å². The van der Waals surface area contributed by atoms with Crippen LogP contribution in [-0.4, -0.2) is 49.7 Å². The Morgan fingerprint density at radius 2 is 1.43 bits per heavy atom. The lowest BCUT2D eigenvalue weighted by Gasteiger charge is -2.19. The molecular formula is C22H35N3O5. The summed E-state index contributed by atoms with van der Waals surface area (Å²) < 4.78 is 10.7. The van der Waals surface area contributed by atoms with Crippen LogP contribution in [0.25, 0.3) is 0 Å². The van der Waals surface area contributed by atoms with Crippen molar-refractivity contribution in [1.82, 2.24) is 16.0 Å². The summed E-state index contributed by atoms with van der Waals surface area (Å²) in [6.45, 7) is 9.00. The molecule has 30 heavy (non-hydrogen) atoms. The van der Waals surface area contributed by atoms with Gasteiger partial charge in [0.15, 0.2) is 0 Å². The third-order valence-electron chi connectivity index (χ3n) is 3.86. The Kier molecular flexibility index (Phi) is 11.3. The number of aryl methyl sites for hydroxylation is 1. The molecular weight excluding hydrogens is 386 g/mol. The van der Waals surface area contributed by atoms with Gasteiger partial charge in [-0.1, -0.05) is 17.7 Å². The SMILES string of the molecule is Cc1ccc(OCCCC(=O)NCCCNC(=O)CCNC(=O)OC(C)(C)C)cc1. The highest BCUT2D eigenvalue weighted by atomic mass is 16.6. The van der Waals surface area contributed by atoms with E-state index in [9.17, 15) is 14.4 Å². The minimum Gasteiger partial charge on any atom is -0.494 e. The summed E-state index contributed by atoms with van der Waals surface area (Å²) >= 11 is 0. The van der Waals surface area contributed by atoms with Crippen LogP contribution in [0.3, 0.4) is 0 Å². The average Bonchev–Trinajstić information content (AvgIpc) is 2.65. The molecule has 1 aromatic rings. The van der Waals surface area contributed by atoms with E-state index >= 15 is 0 Å². The summed E-state index contributed by atoms with van der Waals surface area (Å²) in [5.74, 6) is 0.610. The number of carbonyl (C=O) groups is 3. The molecule has 8 heteroatoms. The fraction of sp³-hybridized carbons (Fsp3) is 0.591. The molecule has 0 aliphatic heterocycles. The lowest BCUT2D eigenvalue weighted by atomic mass is 10.2. The topological polar surface area (TPSA) is 106 Å². The average molecular weight is 422 g/mol. The molecule has 0 unspecified atom stereocenters. The Balaban J connectivity index is 1.97. The molecule has 3 amide bonds. The number of ether oxygens (including phenoxy) is 2. The summed E-state index contributed by atoms with van der Waals surface area (Å²) in [5.41, 5.74) is 0.612. The summed E-state index contributed by atoms with van der Waals surface area (Å²) in [4.78, 5) is 35.0. The number of alkyl carbamates (subject to hydrolysis) is 1. The maximum absolute atomic E-state index is 11.8. The van der Waals surface area contributed by atoms with E-state index in [0.29, 0.717) is 39.0 Å². The standard InChI is InChI=1S/C22H35N3O5/c1-17-8-10-18(11-9-17)29-16-5-7-19(26)23-13-6-14-24-20(27)12-15-25-21(28)30-22(2,3)4/h8-11H,5-7,12-16H2,1-4H3,(H,23,26)(H,24,27)(H,25,28). The zero-order valence-electron chi connectivity index (χ0n) is 18.5. The summed E-state index contributed by atoms with van der Waals surface area (Å²) in [7, 11) is 0. The molecule has 1 rings (SSSR count). The van der Waals surface area contributed by atoms with Crippen molar-refractivity contribution >= 4 is 17.9 Å². The maximum atomic E-state index is 11.8. The van der Waals surface area contributed by atoms with Gasteiger partial charge in [-0.05, 0) is 52.7 Å². The third-order valence-corrected chi connectivity index (χ3v) is 3.86. The van der Waals surface area contributed by atoms with Crippen LogP contribution in [0.5, 0.6) is 5.75 Å². The fourth-order valence-corrected chi connectivity index (χ4v) is 2.37. The van der Waals surface area contributed by atoms with Crippen molar-refractivity contribution in [2.24, 2.45) is 0 Å². The zero-order valence-corrected chi connectivity index (χ0v) is 18.5. The van der Waals surface area contributed by atoms with Crippen molar-refractivity contribution in [2.45, 2.75) is 59.0 Å². The Hall–Kier alpha value is -2.77. The molecule has 0 heterocycles. The molecule has 0 aliphatic carbocycles. The predicted octanol–water partition coefficient (Wildman–Crippen LogP) is 2.69. The van der Waals surface area contributed by atoms with Gasteiger partial charge in [-0.2, -0.15) is 0 Å². The van der Waals surface area contributed by atoms with Gasteiger partial charge in [0.05, 0.1) is 6.61 Å². The lowest BCUT2D eigenvalue weighted by Crippen LogP contribution is -2.35. The van der Waals surface area contributed by atoms with Crippen LogP contribution < -0.4 is 20.7 Å². The first-order valence-corrected chi connectivity index (χ1v) is 10.4. The largest absolute Gasteiger partial charge is 0.494 e. The maximum Gasteiger partial charge on any atom is 0.407 e. The van der Waals surface area contributed by atoms with Crippen LogP contribution in [0.1, 0.15) is 52.0 Å². The molecule has 0 saturated carbocycles. The highest BCUT2D eigenvalue weighted by molar-refractivity contribution is 5.77. The second-order valence-electron chi connectivity index (χ2n) is 8.00. The van der Waals surface area contributed by atoms with E-state index in [4.69, 9.17) is 9.47 Å². The second kappa shape index (κ2) is 13.5. The summed E-state index contributed by atoms with van der Waals surface area (Å²) in [6.07, 6.45) is 1.31. The molecule has 0 radical (unpaired) electrons. The number of amides is 3. The normalized spacial score (nSPS) is 10.8. The number of hydrogen-bond acceptors (Lipinski definition) is 5. The molecule has 1 aromatic carbocycles. The van der Waals surface area contributed by atoms with Crippen molar-refractivity contribution in [3.8, 4) is 5.75 Å². The monoisotopic (exact) mass is 421 g/mol. The summed E-state index contributed by atoms with van der Waals surface area (Å²) in [6, 6.07) is 7.80. The zero-order chi connectivity index (χ0) is 22.4. The molecule has 0 aliphatic rings. The van der Waals surface area contributed by atoms with Crippen LogP contribution in [0.15, 0.2) is 24.3 Å². The first kappa shape index (κ1) is 25.3. The number of nitrogens with one attached hydrogen (secondary N) is 3. The van der Waals surface area contributed by atoms with Crippen LogP contribution in [0.2, 0.25) is 0 Å². The van der Waals surface area contributed by atoms with Crippen molar-refractivity contribution in [3.05, 3.63) is 29.8 Å². The van der Waals surface area contributed by atoms with Gasteiger partial charge < -0.3 is 25.4 Å².